The molecule has 0 saturated heterocycles. The molecule has 1 aliphatic rings. The molecule has 1 saturated carbocycles. The number of alkyl carbamates (subject to hydrolysis) is 1. The lowest BCUT2D eigenvalue weighted by Crippen LogP contribution is -2.57. The number of hydrogen-bond donors (Lipinski definition) is 1. The lowest BCUT2D eigenvalue weighted by atomic mass is 9.72. The fraction of sp³-hybridized carbons (Fsp3) is 0.929. The molecule has 1 amide bonds. The fourth-order valence-corrected chi connectivity index (χ4v) is 3.11. The number of alkyl halides is 1. The van der Waals surface area contributed by atoms with Crippen LogP contribution in [-0.4, -0.2) is 22.6 Å². The molecule has 0 spiro atoms. The summed E-state index contributed by atoms with van der Waals surface area (Å²) in [4.78, 5) is 12.0. The van der Waals surface area contributed by atoms with Crippen molar-refractivity contribution in [2.24, 2.45) is 5.41 Å². The average Bonchev–Trinajstić information content (AvgIpc) is 2.64. The minimum Gasteiger partial charge on any atom is -0.444 e. The van der Waals surface area contributed by atoms with Crippen LogP contribution in [0.2, 0.25) is 0 Å². The average molecular weight is 320 g/mol. The zero-order valence-corrected chi connectivity index (χ0v) is 13.8. The van der Waals surface area contributed by atoms with Crippen molar-refractivity contribution in [1.29, 1.82) is 0 Å². The maximum Gasteiger partial charge on any atom is 0.408 e. The van der Waals surface area contributed by atoms with Gasteiger partial charge in [-0.15, -0.1) is 0 Å². The summed E-state index contributed by atoms with van der Waals surface area (Å²) in [6.45, 7) is 10.1. The molecule has 1 fully saturated rings. The minimum absolute atomic E-state index is 0.0282. The number of carbonyl (C=O) groups excluding carboxylic acids is 1. The third kappa shape index (κ3) is 3.62. The van der Waals surface area contributed by atoms with Crippen LogP contribution in [0.4, 0.5) is 4.79 Å². The third-order valence-electron chi connectivity index (χ3n) is 3.83. The molecule has 106 valence electrons. The molecule has 1 N–H and O–H groups in total. The van der Waals surface area contributed by atoms with Crippen molar-refractivity contribution in [1.82, 2.24) is 5.32 Å². The molecule has 0 atom stereocenters. The van der Waals surface area contributed by atoms with E-state index in [1.54, 1.807) is 0 Å². The smallest absolute Gasteiger partial charge is 0.408 e. The van der Waals surface area contributed by atoms with Crippen LogP contribution in [0, 0.1) is 5.41 Å². The van der Waals surface area contributed by atoms with E-state index in [0.717, 1.165) is 18.2 Å². The Morgan fingerprint density at radius 3 is 2.11 bits per heavy atom. The molecule has 0 radical (unpaired) electrons. The summed E-state index contributed by atoms with van der Waals surface area (Å²) in [6, 6.07) is 0. The van der Waals surface area contributed by atoms with Gasteiger partial charge in [-0.1, -0.05) is 42.6 Å². The normalized spacial score (nSPS) is 19.7. The van der Waals surface area contributed by atoms with Gasteiger partial charge in [-0.3, -0.25) is 0 Å². The Balaban J connectivity index is 2.79. The number of carbonyl (C=O) groups is 1. The lowest BCUT2D eigenvalue weighted by Gasteiger charge is -2.44. The summed E-state index contributed by atoms with van der Waals surface area (Å²) in [6.07, 6.45) is 4.12. The first-order chi connectivity index (χ1) is 8.12. The molecule has 0 aromatic heterocycles. The summed E-state index contributed by atoms with van der Waals surface area (Å²) in [5.74, 6) is 0. The van der Waals surface area contributed by atoms with Crippen LogP contribution < -0.4 is 5.32 Å². The summed E-state index contributed by atoms with van der Waals surface area (Å²) < 4.78 is 5.40. The van der Waals surface area contributed by atoms with Gasteiger partial charge in [-0.25, -0.2) is 4.79 Å². The van der Waals surface area contributed by atoms with Crippen molar-refractivity contribution in [2.45, 2.75) is 71.4 Å². The molecule has 0 bridgehead atoms. The SMILES string of the molecule is CC(C)(C)OC(=O)NC1(C(C)(C)CBr)CCCC1. The number of nitrogens with one attached hydrogen (secondary N) is 1. The highest BCUT2D eigenvalue weighted by Crippen LogP contribution is 2.44. The first-order valence-electron chi connectivity index (χ1n) is 6.69. The number of halogens is 1. The highest BCUT2D eigenvalue weighted by atomic mass is 79.9. The van der Waals surface area contributed by atoms with Gasteiger partial charge in [0.05, 0.1) is 0 Å². The molecule has 0 heterocycles. The summed E-state index contributed by atoms with van der Waals surface area (Å²) >= 11 is 3.58. The number of hydrogen-bond acceptors (Lipinski definition) is 2. The van der Waals surface area contributed by atoms with Crippen molar-refractivity contribution >= 4 is 22.0 Å². The van der Waals surface area contributed by atoms with Gasteiger partial charge >= 0.3 is 6.09 Å². The van der Waals surface area contributed by atoms with E-state index < -0.39 is 5.60 Å². The third-order valence-corrected chi connectivity index (χ3v) is 5.23. The first kappa shape index (κ1) is 15.8. The Bertz CT molecular complexity index is 301. The second kappa shape index (κ2) is 5.40. The van der Waals surface area contributed by atoms with E-state index in [0.29, 0.717) is 0 Å². The van der Waals surface area contributed by atoms with E-state index in [2.05, 4.69) is 35.1 Å². The Hall–Kier alpha value is -0.250. The van der Waals surface area contributed by atoms with Gasteiger partial charge in [0, 0.05) is 10.9 Å². The highest BCUT2D eigenvalue weighted by molar-refractivity contribution is 9.09. The van der Waals surface area contributed by atoms with Gasteiger partial charge in [0.15, 0.2) is 0 Å². The van der Waals surface area contributed by atoms with Crippen LogP contribution in [-0.2, 0) is 4.74 Å². The minimum atomic E-state index is -0.442. The number of ether oxygens (including phenoxy) is 1. The summed E-state index contributed by atoms with van der Waals surface area (Å²) in [7, 11) is 0. The molecule has 0 aliphatic heterocycles. The topological polar surface area (TPSA) is 38.3 Å². The Kier molecular flexibility index (Phi) is 4.74. The van der Waals surface area contributed by atoms with Gasteiger partial charge < -0.3 is 10.1 Å². The summed E-state index contributed by atoms with van der Waals surface area (Å²) in [5.41, 5.74) is -0.554. The second-order valence-electron chi connectivity index (χ2n) is 6.93. The van der Waals surface area contributed by atoms with Crippen molar-refractivity contribution in [2.75, 3.05) is 5.33 Å². The van der Waals surface area contributed by atoms with Crippen molar-refractivity contribution in [3.05, 3.63) is 0 Å². The molecule has 0 aromatic rings. The molecule has 3 nitrogen and oxygen atoms in total. The zero-order chi connectivity index (χ0) is 14.0. The largest absolute Gasteiger partial charge is 0.444 e. The first-order valence-corrected chi connectivity index (χ1v) is 7.81. The van der Waals surface area contributed by atoms with E-state index in [9.17, 15) is 4.79 Å². The Morgan fingerprint density at radius 2 is 1.72 bits per heavy atom. The lowest BCUT2D eigenvalue weighted by molar-refractivity contribution is 0.0351. The van der Waals surface area contributed by atoms with E-state index in [4.69, 9.17) is 4.74 Å². The van der Waals surface area contributed by atoms with Crippen LogP contribution in [0.5, 0.6) is 0 Å². The predicted molar refractivity (Wildman–Crippen MR) is 78.1 cm³/mol. The van der Waals surface area contributed by atoms with Crippen LogP contribution in [0.25, 0.3) is 0 Å². The quantitative estimate of drug-likeness (QED) is 0.790. The van der Waals surface area contributed by atoms with Crippen molar-refractivity contribution < 1.29 is 9.53 Å². The summed E-state index contributed by atoms with van der Waals surface area (Å²) in [5, 5.41) is 4.02. The molecule has 4 heteroatoms. The molecular formula is C14H26BrNO2. The molecule has 1 aliphatic carbocycles. The number of amides is 1. The Morgan fingerprint density at radius 1 is 1.22 bits per heavy atom. The van der Waals surface area contributed by atoms with E-state index >= 15 is 0 Å². The van der Waals surface area contributed by atoms with Gasteiger partial charge in [0.1, 0.15) is 5.60 Å². The fourth-order valence-electron chi connectivity index (χ4n) is 2.58. The van der Waals surface area contributed by atoms with E-state index in [1.807, 2.05) is 20.8 Å². The molecule has 18 heavy (non-hydrogen) atoms. The van der Waals surface area contributed by atoms with Crippen LogP contribution in [0.1, 0.15) is 60.3 Å². The number of rotatable bonds is 3. The van der Waals surface area contributed by atoms with Crippen molar-refractivity contribution in [3.63, 3.8) is 0 Å². The molecule has 0 unspecified atom stereocenters. The standard InChI is InChI=1S/C14H26BrNO2/c1-12(2,3)18-11(17)16-14(8-6-7-9-14)13(4,5)10-15/h6-10H2,1-5H3,(H,16,17). The molecular weight excluding hydrogens is 294 g/mol. The van der Waals surface area contributed by atoms with E-state index in [1.165, 1.54) is 12.8 Å². The predicted octanol–water partition coefficient (Wildman–Crippen LogP) is 4.25. The van der Waals surface area contributed by atoms with Crippen LogP contribution >= 0.6 is 15.9 Å². The van der Waals surface area contributed by atoms with Crippen LogP contribution in [0.15, 0.2) is 0 Å². The maximum atomic E-state index is 12.0. The van der Waals surface area contributed by atoms with Gasteiger partial charge in [-0.05, 0) is 39.0 Å². The highest BCUT2D eigenvalue weighted by Gasteiger charge is 2.47. The molecule has 0 aromatic carbocycles. The van der Waals surface area contributed by atoms with Crippen molar-refractivity contribution in [3.8, 4) is 0 Å². The maximum absolute atomic E-state index is 12.0. The monoisotopic (exact) mass is 319 g/mol. The molecule has 1 rings (SSSR count). The van der Waals surface area contributed by atoms with Crippen LogP contribution in [0.3, 0.4) is 0 Å². The second-order valence-corrected chi connectivity index (χ2v) is 7.49. The van der Waals surface area contributed by atoms with Gasteiger partial charge in [-0.2, -0.15) is 0 Å². The van der Waals surface area contributed by atoms with Gasteiger partial charge in [0.2, 0.25) is 0 Å². The van der Waals surface area contributed by atoms with Gasteiger partial charge in [0.25, 0.3) is 0 Å². The Labute approximate surface area is 119 Å². The van der Waals surface area contributed by atoms with E-state index in [-0.39, 0.29) is 17.0 Å². The zero-order valence-electron chi connectivity index (χ0n) is 12.2.